The first kappa shape index (κ1) is 12.9. The molecule has 0 bridgehead atoms. The topological polar surface area (TPSA) is 3.24 Å². The van der Waals surface area contributed by atoms with Crippen LogP contribution >= 0.6 is 0 Å². The lowest BCUT2D eigenvalue weighted by Crippen LogP contribution is -2.46. The molecule has 0 N–H and O–H groups in total. The van der Waals surface area contributed by atoms with E-state index >= 15 is 0 Å². The number of nitrogens with zero attached hydrogens (tertiary/aromatic N) is 1. The molecule has 1 unspecified atom stereocenters. The lowest BCUT2D eigenvalue weighted by atomic mass is 9.85. The lowest BCUT2D eigenvalue weighted by Gasteiger charge is -2.46. The van der Waals surface area contributed by atoms with Crippen molar-refractivity contribution in [2.45, 2.75) is 25.3 Å². The SMILES string of the molecule is C=CC1=CC=C(C2CC(=C)N2c2ccc(F)cc2)CC1. The molecule has 1 heterocycles. The molecule has 20 heavy (non-hydrogen) atoms. The Morgan fingerprint density at radius 3 is 2.45 bits per heavy atom. The van der Waals surface area contributed by atoms with Crippen molar-refractivity contribution in [2.75, 3.05) is 4.90 Å². The Morgan fingerprint density at radius 2 is 1.90 bits per heavy atom. The highest BCUT2D eigenvalue weighted by Crippen LogP contribution is 2.40. The minimum atomic E-state index is -0.202. The van der Waals surface area contributed by atoms with Gasteiger partial charge in [-0.15, -0.1) is 0 Å². The van der Waals surface area contributed by atoms with E-state index in [2.05, 4.69) is 30.2 Å². The Hall–Kier alpha value is -2.09. The summed E-state index contributed by atoms with van der Waals surface area (Å²) >= 11 is 0. The fourth-order valence-corrected chi connectivity index (χ4v) is 2.90. The lowest BCUT2D eigenvalue weighted by molar-refractivity contribution is 0.564. The van der Waals surface area contributed by atoms with Crippen LogP contribution in [0.3, 0.4) is 0 Å². The maximum atomic E-state index is 13.0. The van der Waals surface area contributed by atoms with Crippen molar-refractivity contribution in [1.82, 2.24) is 0 Å². The summed E-state index contributed by atoms with van der Waals surface area (Å²) in [5, 5.41) is 0. The van der Waals surface area contributed by atoms with Crippen LogP contribution in [-0.2, 0) is 0 Å². The van der Waals surface area contributed by atoms with Gasteiger partial charge in [0.05, 0.1) is 6.04 Å². The molecule has 1 atom stereocenters. The summed E-state index contributed by atoms with van der Waals surface area (Å²) in [5.74, 6) is -0.202. The van der Waals surface area contributed by atoms with Crippen LogP contribution in [0.2, 0.25) is 0 Å². The average Bonchev–Trinajstić information content (AvgIpc) is 2.47. The Kier molecular flexibility index (Phi) is 3.31. The fourth-order valence-electron chi connectivity index (χ4n) is 2.90. The highest BCUT2D eigenvalue weighted by atomic mass is 19.1. The zero-order valence-corrected chi connectivity index (χ0v) is 11.5. The van der Waals surface area contributed by atoms with Gasteiger partial charge >= 0.3 is 0 Å². The van der Waals surface area contributed by atoms with E-state index in [0.717, 1.165) is 30.6 Å². The Morgan fingerprint density at radius 1 is 1.15 bits per heavy atom. The maximum Gasteiger partial charge on any atom is 0.123 e. The molecular weight excluding hydrogens is 249 g/mol. The second-order valence-corrected chi connectivity index (χ2v) is 5.32. The summed E-state index contributed by atoms with van der Waals surface area (Å²) in [5.41, 5.74) is 4.83. The van der Waals surface area contributed by atoms with Gasteiger partial charge in [0.25, 0.3) is 0 Å². The van der Waals surface area contributed by atoms with E-state index in [-0.39, 0.29) is 5.82 Å². The van der Waals surface area contributed by atoms with Gasteiger partial charge in [-0.3, -0.25) is 0 Å². The quantitative estimate of drug-likeness (QED) is 0.763. The van der Waals surface area contributed by atoms with Crippen LogP contribution in [0.25, 0.3) is 0 Å². The van der Waals surface area contributed by atoms with Crippen molar-refractivity contribution in [3.05, 3.63) is 78.3 Å². The Balaban J connectivity index is 1.83. The van der Waals surface area contributed by atoms with Crippen LogP contribution in [0, 0.1) is 5.82 Å². The molecule has 0 spiro atoms. The molecule has 1 aromatic rings. The molecule has 102 valence electrons. The van der Waals surface area contributed by atoms with E-state index in [9.17, 15) is 4.39 Å². The molecule has 0 aromatic heterocycles. The molecule has 1 aliphatic carbocycles. The Bertz CT molecular complexity index is 607. The molecule has 1 fully saturated rings. The smallest absolute Gasteiger partial charge is 0.123 e. The van der Waals surface area contributed by atoms with E-state index in [0.29, 0.717) is 6.04 Å². The van der Waals surface area contributed by atoms with Crippen molar-refractivity contribution < 1.29 is 4.39 Å². The van der Waals surface area contributed by atoms with E-state index in [1.165, 1.54) is 23.3 Å². The molecular formula is C18H18FN. The standard InChI is InChI=1S/C18H18FN/c1-3-14-4-6-15(7-5-14)18-12-13(2)20(18)17-10-8-16(19)9-11-17/h3-4,6,8-11,18H,1-2,5,7,12H2. The van der Waals surface area contributed by atoms with Gasteiger partial charge in [-0.25, -0.2) is 4.39 Å². The van der Waals surface area contributed by atoms with Crippen LogP contribution in [0.1, 0.15) is 19.3 Å². The predicted octanol–water partition coefficient (Wildman–Crippen LogP) is 4.75. The summed E-state index contributed by atoms with van der Waals surface area (Å²) in [6.45, 7) is 7.90. The van der Waals surface area contributed by atoms with Crippen molar-refractivity contribution in [3.63, 3.8) is 0 Å². The number of allylic oxidation sites excluding steroid dienone is 4. The number of hydrogen-bond acceptors (Lipinski definition) is 1. The highest BCUT2D eigenvalue weighted by molar-refractivity contribution is 5.60. The third-order valence-electron chi connectivity index (χ3n) is 4.09. The van der Waals surface area contributed by atoms with E-state index in [1.54, 1.807) is 0 Å². The van der Waals surface area contributed by atoms with Crippen LogP contribution in [0.5, 0.6) is 0 Å². The average molecular weight is 267 g/mol. The van der Waals surface area contributed by atoms with Crippen LogP contribution in [-0.4, -0.2) is 6.04 Å². The normalized spacial score (nSPS) is 21.9. The highest BCUT2D eigenvalue weighted by Gasteiger charge is 2.34. The monoisotopic (exact) mass is 267 g/mol. The van der Waals surface area contributed by atoms with Crippen molar-refractivity contribution in [1.29, 1.82) is 0 Å². The van der Waals surface area contributed by atoms with Crippen LogP contribution < -0.4 is 4.90 Å². The minimum Gasteiger partial charge on any atom is -0.338 e. The van der Waals surface area contributed by atoms with Crippen molar-refractivity contribution >= 4 is 5.69 Å². The molecule has 0 radical (unpaired) electrons. The molecule has 2 heteroatoms. The van der Waals surface area contributed by atoms with E-state index in [4.69, 9.17) is 0 Å². The second kappa shape index (κ2) is 5.12. The molecule has 1 aliphatic heterocycles. The minimum absolute atomic E-state index is 0.202. The summed E-state index contributed by atoms with van der Waals surface area (Å²) in [7, 11) is 0. The van der Waals surface area contributed by atoms with Gasteiger partial charge in [0.2, 0.25) is 0 Å². The van der Waals surface area contributed by atoms with Gasteiger partial charge in [-0.2, -0.15) is 0 Å². The number of benzene rings is 1. The predicted molar refractivity (Wildman–Crippen MR) is 82.0 cm³/mol. The zero-order valence-electron chi connectivity index (χ0n) is 11.5. The second-order valence-electron chi connectivity index (χ2n) is 5.32. The van der Waals surface area contributed by atoms with Gasteiger partial charge < -0.3 is 4.90 Å². The first-order chi connectivity index (χ1) is 9.69. The van der Waals surface area contributed by atoms with Gasteiger partial charge in [0, 0.05) is 17.8 Å². The fraction of sp³-hybridized carbons (Fsp3) is 0.222. The van der Waals surface area contributed by atoms with Crippen LogP contribution in [0.15, 0.2) is 72.5 Å². The molecule has 2 aliphatic rings. The molecule has 1 nitrogen and oxygen atoms in total. The molecule has 3 rings (SSSR count). The van der Waals surface area contributed by atoms with Gasteiger partial charge in [-0.05, 0) is 48.3 Å². The van der Waals surface area contributed by atoms with Crippen molar-refractivity contribution in [2.24, 2.45) is 0 Å². The van der Waals surface area contributed by atoms with Gasteiger partial charge in [0.1, 0.15) is 5.82 Å². The summed E-state index contributed by atoms with van der Waals surface area (Å²) < 4.78 is 13.0. The van der Waals surface area contributed by atoms with E-state index < -0.39 is 0 Å². The molecule has 0 saturated carbocycles. The zero-order chi connectivity index (χ0) is 14.1. The number of halogens is 1. The third kappa shape index (κ3) is 2.22. The molecule has 1 saturated heterocycles. The summed E-state index contributed by atoms with van der Waals surface area (Å²) in [6, 6.07) is 7.02. The van der Waals surface area contributed by atoms with Gasteiger partial charge in [-0.1, -0.05) is 31.4 Å². The van der Waals surface area contributed by atoms with E-state index in [1.807, 2.05) is 18.2 Å². The first-order valence-electron chi connectivity index (χ1n) is 6.93. The summed E-state index contributed by atoms with van der Waals surface area (Å²) in [4.78, 5) is 2.21. The Labute approximate surface area is 119 Å². The number of rotatable bonds is 3. The summed E-state index contributed by atoms with van der Waals surface area (Å²) in [6.07, 6.45) is 9.37. The third-order valence-corrected chi connectivity index (χ3v) is 4.09. The van der Waals surface area contributed by atoms with Gasteiger partial charge in [0.15, 0.2) is 0 Å². The number of hydrogen-bond donors (Lipinski definition) is 0. The van der Waals surface area contributed by atoms with Crippen molar-refractivity contribution in [3.8, 4) is 0 Å². The largest absolute Gasteiger partial charge is 0.338 e. The molecule has 1 aromatic carbocycles. The maximum absolute atomic E-state index is 13.0. The molecule has 0 amide bonds. The first-order valence-corrected chi connectivity index (χ1v) is 6.93. The van der Waals surface area contributed by atoms with Crippen LogP contribution in [0.4, 0.5) is 10.1 Å². The number of anilines is 1.